The number of para-hydroxylation sites is 1. The van der Waals surface area contributed by atoms with Crippen LogP contribution in [0.2, 0.25) is 0 Å². The minimum Gasteiger partial charge on any atom is -0.497 e. The van der Waals surface area contributed by atoms with Crippen LogP contribution >= 0.6 is 0 Å². The van der Waals surface area contributed by atoms with Gasteiger partial charge < -0.3 is 14.4 Å². The molecule has 2 aromatic rings. The zero-order valence-electron chi connectivity index (χ0n) is 20.2. The Morgan fingerprint density at radius 2 is 1.85 bits per heavy atom. The molecule has 1 saturated heterocycles. The van der Waals surface area contributed by atoms with E-state index in [9.17, 15) is 13.2 Å². The Kier molecular flexibility index (Phi) is 6.89. The second-order valence-corrected chi connectivity index (χ2v) is 11.3. The van der Waals surface area contributed by atoms with Crippen molar-refractivity contribution < 1.29 is 22.7 Å². The molecule has 9 heteroatoms. The summed E-state index contributed by atoms with van der Waals surface area (Å²) in [6.45, 7) is 5.66. The van der Waals surface area contributed by atoms with E-state index in [1.165, 1.54) is 4.31 Å². The van der Waals surface area contributed by atoms with E-state index in [1.54, 1.807) is 36.3 Å². The molecule has 1 fully saturated rings. The largest absolute Gasteiger partial charge is 0.497 e. The van der Waals surface area contributed by atoms with Gasteiger partial charge in [0.15, 0.2) is 0 Å². The van der Waals surface area contributed by atoms with Gasteiger partial charge in [0.1, 0.15) is 22.0 Å². The van der Waals surface area contributed by atoms with E-state index in [2.05, 4.69) is 0 Å². The fourth-order valence-corrected chi connectivity index (χ4v) is 6.02. The first-order chi connectivity index (χ1) is 16.1. The summed E-state index contributed by atoms with van der Waals surface area (Å²) in [6, 6.07) is 14.4. The first-order valence-corrected chi connectivity index (χ1v) is 13.0. The molecule has 0 aromatic heterocycles. The molecule has 0 saturated carbocycles. The number of benzene rings is 2. The number of hydrogen-bond acceptors (Lipinski definition) is 6. The van der Waals surface area contributed by atoms with Crippen molar-refractivity contribution in [1.29, 1.82) is 0 Å². The minimum absolute atomic E-state index is 0.0266. The van der Waals surface area contributed by atoms with Crippen LogP contribution in [0.25, 0.3) is 0 Å². The van der Waals surface area contributed by atoms with Crippen molar-refractivity contribution in [2.75, 3.05) is 40.3 Å². The van der Waals surface area contributed by atoms with Crippen LogP contribution in [0.5, 0.6) is 11.5 Å². The van der Waals surface area contributed by atoms with Crippen LogP contribution in [0, 0.1) is 0 Å². The molecular formula is C25H33N3O5S. The van der Waals surface area contributed by atoms with Gasteiger partial charge in [0, 0.05) is 25.6 Å². The molecule has 0 N–H and O–H groups in total. The van der Waals surface area contributed by atoms with Gasteiger partial charge in [-0.15, -0.1) is 0 Å². The third-order valence-corrected chi connectivity index (χ3v) is 8.54. The van der Waals surface area contributed by atoms with Gasteiger partial charge in [0.2, 0.25) is 15.9 Å². The molecule has 0 bridgehead atoms. The molecule has 1 spiro atoms. The third kappa shape index (κ3) is 4.92. The van der Waals surface area contributed by atoms with Crippen LogP contribution < -0.4 is 9.47 Å². The summed E-state index contributed by atoms with van der Waals surface area (Å²) in [5, 5.41) is 0. The number of carbonyl (C=O) groups excluding carboxylic acids is 1. The van der Waals surface area contributed by atoms with Gasteiger partial charge in [0.25, 0.3) is 0 Å². The summed E-state index contributed by atoms with van der Waals surface area (Å²) in [7, 11) is -0.277. The summed E-state index contributed by atoms with van der Waals surface area (Å²) in [5.74, 6) is 1.08. The summed E-state index contributed by atoms with van der Waals surface area (Å²) in [6.07, 6.45) is 0.563. The fourth-order valence-electron chi connectivity index (χ4n) is 4.40. The predicted octanol–water partition coefficient (Wildman–Crippen LogP) is 2.59. The summed E-state index contributed by atoms with van der Waals surface area (Å²) < 4.78 is 40.5. The van der Waals surface area contributed by atoms with Crippen LogP contribution in [-0.4, -0.2) is 80.4 Å². The highest BCUT2D eigenvalue weighted by atomic mass is 32.2. The number of likely N-dealkylation sites (N-methyl/N-ethyl adjacent to an activating group) is 1. The molecule has 34 heavy (non-hydrogen) atoms. The smallest absolute Gasteiger partial charge is 0.247 e. The van der Waals surface area contributed by atoms with Crippen LogP contribution in [0.1, 0.15) is 25.8 Å². The summed E-state index contributed by atoms with van der Waals surface area (Å²) in [4.78, 5) is 16.9. The lowest BCUT2D eigenvalue weighted by molar-refractivity contribution is -0.132. The Morgan fingerprint density at radius 1 is 1.15 bits per heavy atom. The lowest BCUT2D eigenvalue weighted by atomic mass is 10.0. The van der Waals surface area contributed by atoms with E-state index in [0.717, 1.165) is 5.56 Å². The van der Waals surface area contributed by atoms with E-state index in [-0.39, 0.29) is 29.9 Å². The Bertz CT molecular complexity index is 1140. The van der Waals surface area contributed by atoms with Crippen molar-refractivity contribution in [2.24, 2.45) is 0 Å². The number of amides is 1. The Hall–Kier alpha value is -2.62. The lowest BCUT2D eigenvalue weighted by Crippen LogP contribution is -2.50. The number of methoxy groups -OCH3 is 1. The first-order valence-electron chi connectivity index (χ1n) is 11.5. The number of sulfonamides is 1. The maximum Gasteiger partial charge on any atom is 0.247 e. The van der Waals surface area contributed by atoms with E-state index < -0.39 is 15.6 Å². The number of hydrogen-bond donors (Lipinski definition) is 0. The highest BCUT2D eigenvalue weighted by molar-refractivity contribution is 7.89. The van der Waals surface area contributed by atoms with E-state index in [1.807, 2.05) is 50.1 Å². The summed E-state index contributed by atoms with van der Waals surface area (Å²) in [5.41, 5.74) is 0.0430. The lowest BCUT2D eigenvalue weighted by Gasteiger charge is -2.32. The second-order valence-electron chi connectivity index (χ2n) is 9.43. The van der Waals surface area contributed by atoms with Crippen molar-refractivity contribution in [2.45, 2.75) is 43.4 Å². The van der Waals surface area contributed by atoms with Gasteiger partial charge in [-0.2, -0.15) is 4.31 Å². The van der Waals surface area contributed by atoms with Crippen LogP contribution in [0.15, 0.2) is 53.4 Å². The van der Waals surface area contributed by atoms with E-state index in [0.29, 0.717) is 37.6 Å². The number of carbonyl (C=O) groups is 1. The van der Waals surface area contributed by atoms with Gasteiger partial charge >= 0.3 is 0 Å². The van der Waals surface area contributed by atoms with E-state index in [4.69, 9.17) is 9.47 Å². The molecular weight excluding hydrogens is 454 g/mol. The quantitative estimate of drug-likeness (QED) is 0.623. The van der Waals surface area contributed by atoms with Crippen molar-refractivity contribution in [1.82, 2.24) is 14.1 Å². The summed E-state index contributed by atoms with van der Waals surface area (Å²) >= 11 is 0. The predicted molar refractivity (Wildman–Crippen MR) is 129 cm³/mol. The molecule has 184 valence electrons. The molecule has 2 aliphatic heterocycles. The molecule has 0 aliphatic carbocycles. The van der Waals surface area contributed by atoms with Crippen molar-refractivity contribution in [3.8, 4) is 11.5 Å². The molecule has 1 atom stereocenters. The third-order valence-electron chi connectivity index (χ3n) is 6.71. The Morgan fingerprint density at radius 3 is 2.53 bits per heavy atom. The second kappa shape index (κ2) is 9.56. The van der Waals surface area contributed by atoms with Gasteiger partial charge in [-0.3, -0.25) is 9.69 Å². The first kappa shape index (κ1) is 24.5. The van der Waals surface area contributed by atoms with Gasteiger partial charge in [-0.05, 0) is 50.7 Å². The van der Waals surface area contributed by atoms with Crippen molar-refractivity contribution in [3.05, 3.63) is 54.1 Å². The van der Waals surface area contributed by atoms with Crippen molar-refractivity contribution >= 4 is 15.9 Å². The zero-order valence-corrected chi connectivity index (χ0v) is 21.0. The zero-order chi connectivity index (χ0) is 24.5. The minimum atomic E-state index is -3.80. The molecule has 0 radical (unpaired) electrons. The normalized spacial score (nSPS) is 22.0. The molecule has 1 unspecified atom stereocenters. The monoisotopic (exact) mass is 487 g/mol. The number of rotatable bonds is 6. The molecule has 2 heterocycles. The van der Waals surface area contributed by atoms with Gasteiger partial charge in [-0.25, -0.2) is 8.42 Å². The molecule has 2 aromatic carbocycles. The average Bonchev–Trinajstić information content (AvgIpc) is 3.19. The van der Waals surface area contributed by atoms with Crippen LogP contribution in [0.3, 0.4) is 0 Å². The van der Waals surface area contributed by atoms with Crippen molar-refractivity contribution in [3.63, 3.8) is 0 Å². The topological polar surface area (TPSA) is 79.4 Å². The fraction of sp³-hybridized carbons (Fsp3) is 0.480. The molecule has 8 nitrogen and oxygen atoms in total. The van der Waals surface area contributed by atoms with Gasteiger partial charge in [-0.1, -0.05) is 24.3 Å². The van der Waals surface area contributed by atoms with Crippen LogP contribution in [0.4, 0.5) is 0 Å². The number of likely N-dealkylation sites (tertiary alicyclic amines) is 1. The maximum absolute atomic E-state index is 13.7. The molecule has 1 amide bonds. The standard InChI is InChI=1S/C25H33N3O5S/c1-19(2)26(3)16-24(29)27-14-13-25(17-27)18-28(15-20-9-11-21(32-4)12-10-20)34(30,31)23-8-6-5-7-22(23)33-25/h5-12,19H,13-18H2,1-4H3. The number of nitrogens with zero attached hydrogens (tertiary/aromatic N) is 3. The number of ether oxygens (including phenoxy) is 2. The highest BCUT2D eigenvalue weighted by Gasteiger charge is 2.48. The molecule has 4 rings (SSSR count). The average molecular weight is 488 g/mol. The Labute approximate surface area is 202 Å². The Balaban J connectivity index is 1.63. The maximum atomic E-state index is 13.7. The van der Waals surface area contributed by atoms with Crippen LogP contribution in [-0.2, 0) is 21.4 Å². The highest BCUT2D eigenvalue weighted by Crippen LogP contribution is 2.39. The van der Waals surface area contributed by atoms with Gasteiger partial charge in [0.05, 0.1) is 26.7 Å². The number of fused-ring (bicyclic) bond motifs is 1. The van der Waals surface area contributed by atoms with E-state index >= 15 is 0 Å². The SMILES string of the molecule is COc1ccc(CN2CC3(CCN(C(=O)CN(C)C(C)C)C3)Oc3ccccc3S2(=O)=O)cc1. The molecule has 2 aliphatic rings.